The van der Waals surface area contributed by atoms with Crippen LogP contribution < -0.4 is 0 Å². The molecular weight excluding hydrogens is 248 g/mol. The Balaban J connectivity index is 2.23. The van der Waals surface area contributed by atoms with Gasteiger partial charge in [-0.05, 0) is 12.3 Å². The second-order valence-corrected chi connectivity index (χ2v) is 4.67. The number of hydrogen-bond acceptors (Lipinski definition) is 2. The number of nitrogens with one attached hydrogen (secondary N) is 1. The number of H-pyrrole nitrogens is 1. The van der Waals surface area contributed by atoms with Gasteiger partial charge in [0.1, 0.15) is 0 Å². The number of aromatic nitrogens is 2. The average molecular weight is 263 g/mol. The molecule has 1 aromatic heterocycles. The van der Waals surface area contributed by atoms with E-state index in [1.54, 1.807) is 18.0 Å². The van der Waals surface area contributed by atoms with Crippen LogP contribution in [0.15, 0.2) is 17.6 Å². The topological polar surface area (TPSA) is 28.7 Å². The summed E-state index contributed by atoms with van der Waals surface area (Å²) in [6.45, 7) is 2.23. The maximum Gasteiger partial charge on any atom is 0.165 e. The first kappa shape index (κ1) is 11.1. The first-order valence-electron chi connectivity index (χ1n) is 4.55. The summed E-state index contributed by atoms with van der Waals surface area (Å²) in [5, 5.41) is 2.12. The highest BCUT2D eigenvalue weighted by molar-refractivity contribution is 9.09. The summed E-state index contributed by atoms with van der Waals surface area (Å²) in [6.07, 6.45) is 6.21. The second kappa shape index (κ2) is 6.49. The van der Waals surface area contributed by atoms with Gasteiger partial charge < -0.3 is 4.98 Å². The Morgan fingerprint density at radius 3 is 3.08 bits per heavy atom. The maximum absolute atomic E-state index is 4.17. The summed E-state index contributed by atoms with van der Waals surface area (Å²) in [4.78, 5) is 7.27. The number of hydrogen-bond donors (Lipinski definition) is 1. The van der Waals surface area contributed by atoms with Crippen molar-refractivity contribution in [3.05, 3.63) is 12.4 Å². The molecule has 0 saturated heterocycles. The van der Waals surface area contributed by atoms with Crippen LogP contribution in [0.2, 0.25) is 0 Å². The van der Waals surface area contributed by atoms with Crippen LogP contribution in [-0.4, -0.2) is 21.1 Å². The highest BCUT2D eigenvalue weighted by atomic mass is 79.9. The third-order valence-electron chi connectivity index (χ3n) is 1.84. The zero-order valence-corrected chi connectivity index (χ0v) is 10.2. The van der Waals surface area contributed by atoms with Gasteiger partial charge in [0.05, 0.1) is 0 Å². The number of imidazole rings is 1. The van der Waals surface area contributed by atoms with Crippen molar-refractivity contribution in [2.75, 3.05) is 11.1 Å². The molecule has 0 aliphatic carbocycles. The fourth-order valence-corrected chi connectivity index (χ4v) is 2.96. The predicted octanol–water partition coefficient (Wildman–Crippen LogP) is 3.31. The molecule has 0 saturated carbocycles. The minimum absolute atomic E-state index is 0.764. The molecule has 1 atom stereocenters. The van der Waals surface area contributed by atoms with Gasteiger partial charge in [-0.1, -0.05) is 41.0 Å². The number of aromatic amines is 1. The highest BCUT2D eigenvalue weighted by Crippen LogP contribution is 2.20. The monoisotopic (exact) mass is 262 g/mol. The molecule has 2 nitrogen and oxygen atoms in total. The molecule has 0 aromatic carbocycles. The van der Waals surface area contributed by atoms with Gasteiger partial charge in [-0.25, -0.2) is 4.98 Å². The van der Waals surface area contributed by atoms with E-state index in [1.807, 2.05) is 6.20 Å². The van der Waals surface area contributed by atoms with E-state index < -0.39 is 0 Å². The van der Waals surface area contributed by atoms with Gasteiger partial charge in [-0.3, -0.25) is 0 Å². The van der Waals surface area contributed by atoms with Crippen LogP contribution in [-0.2, 0) is 0 Å². The van der Waals surface area contributed by atoms with Gasteiger partial charge in [-0.15, -0.1) is 0 Å². The molecular formula is C9H15BrN2S. The van der Waals surface area contributed by atoms with Gasteiger partial charge in [0, 0.05) is 23.5 Å². The molecule has 1 unspecified atom stereocenters. The van der Waals surface area contributed by atoms with Crippen molar-refractivity contribution in [1.82, 2.24) is 9.97 Å². The molecule has 74 valence electrons. The highest BCUT2D eigenvalue weighted by Gasteiger charge is 2.07. The second-order valence-electron chi connectivity index (χ2n) is 3.01. The van der Waals surface area contributed by atoms with Crippen LogP contribution in [0.3, 0.4) is 0 Å². The SMILES string of the molecule is CCCC(CBr)CSc1ncc[nH]1. The molecule has 0 spiro atoms. The van der Waals surface area contributed by atoms with Gasteiger partial charge in [0.2, 0.25) is 0 Å². The normalized spacial score (nSPS) is 13.1. The molecule has 13 heavy (non-hydrogen) atoms. The quantitative estimate of drug-likeness (QED) is 0.630. The van der Waals surface area contributed by atoms with E-state index in [4.69, 9.17) is 0 Å². The number of thioether (sulfide) groups is 1. The van der Waals surface area contributed by atoms with Gasteiger partial charge in [0.25, 0.3) is 0 Å². The van der Waals surface area contributed by atoms with E-state index in [1.165, 1.54) is 12.8 Å². The molecule has 1 heterocycles. The van der Waals surface area contributed by atoms with E-state index in [9.17, 15) is 0 Å². The number of nitrogens with zero attached hydrogens (tertiary/aromatic N) is 1. The Morgan fingerprint density at radius 2 is 2.54 bits per heavy atom. The molecule has 1 rings (SSSR count). The maximum atomic E-state index is 4.17. The first-order valence-corrected chi connectivity index (χ1v) is 6.65. The largest absolute Gasteiger partial charge is 0.340 e. The molecule has 1 aromatic rings. The molecule has 0 aliphatic rings. The lowest BCUT2D eigenvalue weighted by Crippen LogP contribution is -2.04. The standard InChI is InChI=1S/C9H15BrN2S/c1-2-3-8(6-10)7-13-9-11-4-5-12-9/h4-5,8H,2-3,6-7H2,1H3,(H,11,12). The minimum atomic E-state index is 0.764. The first-order chi connectivity index (χ1) is 6.36. The summed E-state index contributed by atoms with van der Waals surface area (Å²) in [5.41, 5.74) is 0. The van der Waals surface area contributed by atoms with Crippen LogP contribution in [0.5, 0.6) is 0 Å². The van der Waals surface area contributed by atoms with Crippen molar-refractivity contribution in [3.8, 4) is 0 Å². The summed E-state index contributed by atoms with van der Waals surface area (Å²) < 4.78 is 0. The predicted molar refractivity (Wildman–Crippen MR) is 61.5 cm³/mol. The van der Waals surface area contributed by atoms with Crippen molar-refractivity contribution in [1.29, 1.82) is 0 Å². The Kier molecular flexibility index (Phi) is 5.55. The van der Waals surface area contributed by atoms with Crippen LogP contribution in [0.4, 0.5) is 0 Å². The molecule has 4 heteroatoms. The molecule has 0 amide bonds. The Bertz CT molecular complexity index is 213. The van der Waals surface area contributed by atoms with E-state index in [-0.39, 0.29) is 0 Å². The lowest BCUT2D eigenvalue weighted by atomic mass is 10.1. The Hall–Kier alpha value is 0.0400. The van der Waals surface area contributed by atoms with Gasteiger partial charge >= 0.3 is 0 Å². The molecule has 0 aliphatic heterocycles. The zero-order chi connectivity index (χ0) is 9.52. The summed E-state index contributed by atoms with van der Waals surface area (Å²) in [5.74, 6) is 1.91. The molecule has 1 N–H and O–H groups in total. The van der Waals surface area contributed by atoms with Crippen molar-refractivity contribution in [2.45, 2.75) is 24.9 Å². The summed E-state index contributed by atoms with van der Waals surface area (Å²) in [6, 6.07) is 0. The number of alkyl halides is 1. The van der Waals surface area contributed by atoms with Crippen molar-refractivity contribution < 1.29 is 0 Å². The fourth-order valence-electron chi connectivity index (χ4n) is 1.14. The van der Waals surface area contributed by atoms with Gasteiger partial charge in [-0.2, -0.15) is 0 Å². The zero-order valence-electron chi connectivity index (χ0n) is 7.79. The average Bonchev–Trinajstić information content (AvgIpc) is 2.64. The van der Waals surface area contributed by atoms with E-state index >= 15 is 0 Å². The van der Waals surface area contributed by atoms with E-state index in [2.05, 4.69) is 32.8 Å². The molecule has 0 radical (unpaired) electrons. The number of rotatable bonds is 6. The van der Waals surface area contributed by atoms with E-state index in [0.717, 1.165) is 22.2 Å². The van der Waals surface area contributed by atoms with Crippen molar-refractivity contribution in [2.24, 2.45) is 5.92 Å². The fraction of sp³-hybridized carbons (Fsp3) is 0.667. The summed E-state index contributed by atoms with van der Waals surface area (Å²) in [7, 11) is 0. The molecule has 0 fully saturated rings. The smallest absolute Gasteiger partial charge is 0.165 e. The van der Waals surface area contributed by atoms with Crippen molar-refractivity contribution in [3.63, 3.8) is 0 Å². The van der Waals surface area contributed by atoms with E-state index in [0.29, 0.717) is 0 Å². The van der Waals surface area contributed by atoms with Crippen LogP contribution in [0, 0.1) is 5.92 Å². The van der Waals surface area contributed by atoms with Crippen LogP contribution in [0.1, 0.15) is 19.8 Å². The third-order valence-corrected chi connectivity index (χ3v) is 3.89. The van der Waals surface area contributed by atoms with Crippen molar-refractivity contribution >= 4 is 27.7 Å². The Morgan fingerprint density at radius 1 is 1.69 bits per heavy atom. The lowest BCUT2D eigenvalue weighted by Gasteiger charge is -2.10. The third kappa shape index (κ3) is 4.18. The summed E-state index contributed by atoms with van der Waals surface area (Å²) >= 11 is 5.34. The Labute approximate surface area is 92.0 Å². The molecule has 0 bridgehead atoms. The van der Waals surface area contributed by atoms with Gasteiger partial charge in [0.15, 0.2) is 5.16 Å². The van der Waals surface area contributed by atoms with Crippen LogP contribution in [0.25, 0.3) is 0 Å². The minimum Gasteiger partial charge on any atom is -0.340 e. The van der Waals surface area contributed by atoms with Crippen LogP contribution >= 0.6 is 27.7 Å². The lowest BCUT2D eigenvalue weighted by molar-refractivity contribution is 0.597. The number of halogens is 1.